The van der Waals surface area contributed by atoms with Gasteiger partial charge in [0.15, 0.2) is 6.17 Å². The molecule has 1 aliphatic rings. The maximum atomic E-state index is 6.70. The van der Waals surface area contributed by atoms with Crippen molar-refractivity contribution in [3.63, 3.8) is 0 Å². The van der Waals surface area contributed by atoms with Crippen LogP contribution in [0, 0.1) is 0 Å². The highest BCUT2D eigenvalue weighted by Crippen LogP contribution is 2.40. The van der Waals surface area contributed by atoms with Gasteiger partial charge >= 0.3 is 0 Å². The van der Waals surface area contributed by atoms with E-state index in [0.717, 1.165) is 83.1 Å². The van der Waals surface area contributed by atoms with E-state index >= 15 is 0 Å². The maximum absolute atomic E-state index is 6.70. The van der Waals surface area contributed by atoms with Gasteiger partial charge in [0.1, 0.15) is 34.0 Å². The fourth-order valence-electron chi connectivity index (χ4n) is 8.66. The Kier molecular flexibility index (Phi) is 6.89. The summed E-state index contributed by atoms with van der Waals surface area (Å²) in [6, 6.07) is 63.3. The van der Waals surface area contributed by atoms with Crippen LogP contribution < -0.4 is 5.32 Å². The topological polar surface area (TPSA) is 68.0 Å². The molecular weight excluding hydrogens is 701 g/mol. The standard InChI is InChI=1S/C51H32N4O2/c1-3-13-31(14-4-1)33-25-28-43-41(29-33)35-17-7-9-22-42(35)55(43)34-26-27-38-46(30-34)56-45-24-12-20-39(47(38)45)50-52-49(32-15-5-2-6-16-32)53-51(54-50)40-21-11-19-37-36-18-8-10-23-44(36)57-48(37)40/h1-30,50H,(H,52,53,54). The molecule has 1 aliphatic heterocycles. The molecule has 3 aromatic heterocycles. The molecule has 4 heterocycles. The molecule has 0 spiro atoms. The number of para-hydroxylation sites is 3. The van der Waals surface area contributed by atoms with Gasteiger partial charge in [-0.15, -0.1) is 0 Å². The lowest BCUT2D eigenvalue weighted by atomic mass is 10.0. The Balaban J connectivity index is 1.02. The smallest absolute Gasteiger partial charge is 0.170 e. The van der Waals surface area contributed by atoms with Gasteiger partial charge in [0.25, 0.3) is 0 Å². The summed E-state index contributed by atoms with van der Waals surface area (Å²) in [5.74, 6) is 1.44. The molecule has 6 heteroatoms. The molecule has 0 aliphatic carbocycles. The van der Waals surface area contributed by atoms with E-state index in [4.69, 9.17) is 18.8 Å². The second-order valence-electron chi connectivity index (χ2n) is 14.6. The number of rotatable bonds is 5. The summed E-state index contributed by atoms with van der Waals surface area (Å²) in [6.07, 6.45) is -0.545. The maximum Gasteiger partial charge on any atom is 0.170 e. The fraction of sp³-hybridized carbons (Fsp3) is 0.0196. The molecule has 1 atom stereocenters. The predicted octanol–water partition coefficient (Wildman–Crippen LogP) is 12.7. The first-order valence-corrected chi connectivity index (χ1v) is 19.2. The molecule has 0 saturated heterocycles. The van der Waals surface area contributed by atoms with Crippen molar-refractivity contribution in [1.29, 1.82) is 0 Å². The largest absolute Gasteiger partial charge is 0.456 e. The lowest BCUT2D eigenvalue weighted by molar-refractivity contribution is 0.666. The summed E-state index contributed by atoms with van der Waals surface area (Å²) in [7, 11) is 0. The van der Waals surface area contributed by atoms with Gasteiger partial charge in [0.2, 0.25) is 0 Å². The van der Waals surface area contributed by atoms with Crippen molar-refractivity contribution in [2.75, 3.05) is 0 Å². The number of fused-ring (bicyclic) bond motifs is 9. The van der Waals surface area contributed by atoms with Crippen LogP contribution in [0.4, 0.5) is 0 Å². The molecule has 0 saturated carbocycles. The van der Waals surface area contributed by atoms with Crippen molar-refractivity contribution < 1.29 is 8.83 Å². The van der Waals surface area contributed by atoms with E-state index in [9.17, 15) is 0 Å². The molecule has 1 unspecified atom stereocenters. The van der Waals surface area contributed by atoms with E-state index in [-0.39, 0.29) is 0 Å². The van der Waals surface area contributed by atoms with Gasteiger partial charge in [-0.25, -0.2) is 9.98 Å². The Morgan fingerprint density at radius 1 is 0.439 bits per heavy atom. The Labute approximate surface area is 326 Å². The van der Waals surface area contributed by atoms with Gasteiger partial charge in [0.05, 0.1) is 16.6 Å². The normalized spacial score (nSPS) is 14.5. The Morgan fingerprint density at radius 3 is 2.02 bits per heavy atom. The number of hydrogen-bond donors (Lipinski definition) is 1. The quantitative estimate of drug-likeness (QED) is 0.192. The lowest BCUT2D eigenvalue weighted by Gasteiger charge is -2.22. The van der Waals surface area contributed by atoms with Crippen LogP contribution >= 0.6 is 0 Å². The number of aliphatic imine (C=N–C) groups is 2. The van der Waals surface area contributed by atoms with Crippen molar-refractivity contribution in [3.05, 3.63) is 199 Å². The van der Waals surface area contributed by atoms with Gasteiger partial charge in [0, 0.05) is 55.2 Å². The third kappa shape index (κ3) is 4.97. The number of hydrogen-bond acceptors (Lipinski definition) is 5. The molecular formula is C51H32N4O2. The van der Waals surface area contributed by atoms with Crippen LogP contribution in [0.3, 0.4) is 0 Å². The molecule has 0 radical (unpaired) electrons. The van der Waals surface area contributed by atoms with Crippen molar-refractivity contribution in [2.24, 2.45) is 9.98 Å². The predicted molar refractivity (Wildman–Crippen MR) is 233 cm³/mol. The van der Waals surface area contributed by atoms with Gasteiger partial charge in [-0.2, -0.15) is 0 Å². The minimum absolute atomic E-state index is 0.545. The van der Waals surface area contributed by atoms with Crippen LogP contribution in [0.1, 0.15) is 22.9 Å². The summed E-state index contributed by atoms with van der Waals surface area (Å²) in [5.41, 5.74) is 11.8. The Bertz CT molecular complexity index is 3440. The van der Waals surface area contributed by atoms with Crippen molar-refractivity contribution in [2.45, 2.75) is 6.17 Å². The highest BCUT2D eigenvalue weighted by Gasteiger charge is 2.26. The molecule has 0 bridgehead atoms. The first kappa shape index (κ1) is 31.6. The van der Waals surface area contributed by atoms with E-state index in [0.29, 0.717) is 5.84 Å². The number of amidine groups is 2. The molecule has 0 fully saturated rings. The van der Waals surface area contributed by atoms with Crippen LogP contribution in [0.5, 0.6) is 0 Å². The average Bonchev–Trinajstić information content (AvgIpc) is 3.96. The molecule has 12 rings (SSSR count). The second kappa shape index (κ2) is 12.4. The van der Waals surface area contributed by atoms with Crippen LogP contribution in [-0.2, 0) is 0 Å². The van der Waals surface area contributed by atoms with Crippen LogP contribution in [0.25, 0.3) is 82.5 Å². The molecule has 57 heavy (non-hydrogen) atoms. The average molecular weight is 733 g/mol. The third-order valence-electron chi connectivity index (χ3n) is 11.3. The molecule has 6 nitrogen and oxygen atoms in total. The van der Waals surface area contributed by atoms with Gasteiger partial charge in [-0.05, 0) is 59.7 Å². The zero-order chi connectivity index (χ0) is 37.5. The molecule has 0 amide bonds. The fourth-order valence-corrected chi connectivity index (χ4v) is 8.66. The highest BCUT2D eigenvalue weighted by molar-refractivity contribution is 6.21. The number of benzene rings is 8. The van der Waals surface area contributed by atoms with E-state index in [1.807, 2.05) is 48.5 Å². The van der Waals surface area contributed by atoms with Crippen molar-refractivity contribution in [1.82, 2.24) is 9.88 Å². The monoisotopic (exact) mass is 732 g/mol. The molecule has 11 aromatic rings. The summed E-state index contributed by atoms with van der Waals surface area (Å²) < 4.78 is 15.5. The minimum Gasteiger partial charge on any atom is -0.456 e. The second-order valence-corrected chi connectivity index (χ2v) is 14.6. The van der Waals surface area contributed by atoms with E-state index in [2.05, 4.69) is 143 Å². The zero-order valence-electron chi connectivity index (χ0n) is 30.6. The van der Waals surface area contributed by atoms with Gasteiger partial charge in [-0.3, -0.25) is 0 Å². The summed E-state index contributed by atoms with van der Waals surface area (Å²) in [4.78, 5) is 10.6. The van der Waals surface area contributed by atoms with Gasteiger partial charge in [-0.1, -0.05) is 127 Å². The SMILES string of the molecule is c1ccc(C2=NC(c3cccc4oc5cc(-n6c7ccccc7c7cc(-c8ccccc8)ccc76)ccc5c34)N=C(c3cccc4c3oc3ccccc34)N2)cc1. The van der Waals surface area contributed by atoms with Crippen LogP contribution in [-0.4, -0.2) is 16.2 Å². The van der Waals surface area contributed by atoms with Gasteiger partial charge < -0.3 is 18.7 Å². The summed E-state index contributed by atoms with van der Waals surface area (Å²) >= 11 is 0. The molecule has 1 N–H and O–H groups in total. The number of nitrogens with zero attached hydrogens (tertiary/aromatic N) is 3. The highest BCUT2D eigenvalue weighted by atomic mass is 16.3. The summed E-state index contributed by atoms with van der Waals surface area (Å²) in [5, 5.41) is 10.1. The number of aromatic nitrogens is 1. The summed E-state index contributed by atoms with van der Waals surface area (Å²) in [6.45, 7) is 0. The molecule has 268 valence electrons. The Hall–Kier alpha value is -7.70. The lowest BCUT2D eigenvalue weighted by Crippen LogP contribution is -2.36. The Morgan fingerprint density at radius 2 is 1.14 bits per heavy atom. The zero-order valence-corrected chi connectivity index (χ0v) is 30.6. The minimum atomic E-state index is -0.545. The van der Waals surface area contributed by atoms with E-state index < -0.39 is 6.17 Å². The molecule has 8 aromatic carbocycles. The first-order chi connectivity index (χ1) is 28.2. The third-order valence-corrected chi connectivity index (χ3v) is 11.3. The van der Waals surface area contributed by atoms with E-state index in [1.54, 1.807) is 0 Å². The van der Waals surface area contributed by atoms with Crippen molar-refractivity contribution >= 4 is 77.4 Å². The van der Waals surface area contributed by atoms with E-state index in [1.165, 1.54) is 21.9 Å². The van der Waals surface area contributed by atoms with Crippen LogP contribution in [0.2, 0.25) is 0 Å². The van der Waals surface area contributed by atoms with Crippen LogP contribution in [0.15, 0.2) is 201 Å². The number of nitrogens with one attached hydrogen (secondary N) is 1. The van der Waals surface area contributed by atoms with Crippen molar-refractivity contribution in [3.8, 4) is 16.8 Å². The first-order valence-electron chi connectivity index (χ1n) is 19.2. The number of furan rings is 2.